The normalized spacial score (nSPS) is 16.9. The fraction of sp³-hybridized carbons (Fsp3) is 0.375. The highest BCUT2D eigenvalue weighted by Gasteiger charge is 2.31. The van der Waals surface area contributed by atoms with Crippen molar-refractivity contribution in [1.29, 1.82) is 0 Å². The predicted molar refractivity (Wildman–Crippen MR) is 170 cm³/mol. The molecule has 12 nitrogen and oxygen atoms in total. The van der Waals surface area contributed by atoms with Gasteiger partial charge in [-0.2, -0.15) is 0 Å². The molecule has 2 aromatic carbocycles. The molecule has 0 aliphatic carbocycles. The molecule has 13 heteroatoms. The Morgan fingerprint density at radius 2 is 1.87 bits per heavy atom. The fourth-order valence-corrected chi connectivity index (χ4v) is 5.30. The first-order valence-corrected chi connectivity index (χ1v) is 14.8. The van der Waals surface area contributed by atoms with Gasteiger partial charge < -0.3 is 29.9 Å². The van der Waals surface area contributed by atoms with Crippen molar-refractivity contribution in [3.63, 3.8) is 0 Å². The Morgan fingerprint density at radius 1 is 1.09 bits per heavy atom. The van der Waals surface area contributed by atoms with E-state index in [1.807, 2.05) is 6.07 Å². The van der Waals surface area contributed by atoms with Crippen LogP contribution in [0.25, 0.3) is 0 Å². The first kappa shape index (κ1) is 31.7. The number of esters is 1. The summed E-state index contributed by atoms with van der Waals surface area (Å²) in [4.78, 5) is 44.0. The van der Waals surface area contributed by atoms with E-state index in [0.717, 1.165) is 37.9 Å². The van der Waals surface area contributed by atoms with Crippen LogP contribution in [-0.2, 0) is 14.4 Å². The molecule has 1 amide bonds. The van der Waals surface area contributed by atoms with Crippen LogP contribution >= 0.6 is 0 Å². The van der Waals surface area contributed by atoms with Gasteiger partial charge in [-0.15, -0.1) is 0 Å². The Bertz CT molecular complexity index is 1560. The largest absolute Gasteiger partial charge is 0.494 e. The summed E-state index contributed by atoms with van der Waals surface area (Å²) in [5.74, 6) is -0.0646. The van der Waals surface area contributed by atoms with Crippen LogP contribution in [-0.4, -0.2) is 79.8 Å². The lowest BCUT2D eigenvalue weighted by Crippen LogP contribution is -2.44. The second-order valence-electron chi connectivity index (χ2n) is 11.1. The van der Waals surface area contributed by atoms with E-state index in [9.17, 15) is 14.0 Å². The number of rotatable bonds is 10. The third kappa shape index (κ3) is 7.49. The van der Waals surface area contributed by atoms with E-state index in [1.54, 1.807) is 44.2 Å². The predicted octanol–water partition coefficient (Wildman–Crippen LogP) is 4.69. The van der Waals surface area contributed by atoms with Crippen LogP contribution in [0.2, 0.25) is 0 Å². The number of nitrogens with one attached hydrogen (secondary N) is 2. The van der Waals surface area contributed by atoms with E-state index in [2.05, 4.69) is 44.0 Å². The topological polar surface area (TPSA) is 121 Å². The van der Waals surface area contributed by atoms with Gasteiger partial charge in [0.05, 0.1) is 48.5 Å². The average Bonchev–Trinajstić information content (AvgIpc) is 3.52. The van der Waals surface area contributed by atoms with Crippen LogP contribution in [0.15, 0.2) is 55.4 Å². The number of nitrogens with zero attached hydrogens (tertiary/aromatic N) is 5. The number of hydrogen-bond acceptors (Lipinski definition) is 11. The number of likely N-dealkylation sites (N-methyl/N-ethyl adjacent to an activating group) is 1. The van der Waals surface area contributed by atoms with Crippen molar-refractivity contribution in [2.24, 2.45) is 0 Å². The van der Waals surface area contributed by atoms with E-state index >= 15 is 0 Å². The Morgan fingerprint density at radius 3 is 2.58 bits per heavy atom. The Kier molecular flexibility index (Phi) is 9.79. The molecule has 0 radical (unpaired) electrons. The molecule has 3 heterocycles. The average molecular weight is 620 g/mol. The van der Waals surface area contributed by atoms with Crippen LogP contribution < -0.4 is 25.3 Å². The highest BCUT2D eigenvalue weighted by molar-refractivity contribution is 6.02. The van der Waals surface area contributed by atoms with Crippen molar-refractivity contribution in [2.45, 2.75) is 32.4 Å². The van der Waals surface area contributed by atoms with Crippen LogP contribution in [0.5, 0.6) is 5.75 Å². The molecule has 5 rings (SSSR count). The first-order chi connectivity index (χ1) is 21.6. The summed E-state index contributed by atoms with van der Waals surface area (Å²) < 4.78 is 25.6. The zero-order chi connectivity index (χ0) is 32.1. The fourth-order valence-electron chi connectivity index (χ4n) is 5.30. The molecule has 2 aliphatic rings. The van der Waals surface area contributed by atoms with Crippen molar-refractivity contribution in [2.75, 3.05) is 67.5 Å². The number of amides is 1. The summed E-state index contributed by atoms with van der Waals surface area (Å²) in [7, 11) is 3.66. The van der Waals surface area contributed by atoms with Gasteiger partial charge in [-0.05, 0) is 56.8 Å². The second-order valence-corrected chi connectivity index (χ2v) is 11.1. The minimum absolute atomic E-state index is 0.127. The van der Waals surface area contributed by atoms with Crippen molar-refractivity contribution >= 4 is 40.6 Å². The van der Waals surface area contributed by atoms with Gasteiger partial charge in [0.25, 0.3) is 0 Å². The highest BCUT2D eigenvalue weighted by Crippen LogP contribution is 2.40. The molecule has 0 spiro atoms. The van der Waals surface area contributed by atoms with E-state index < -0.39 is 17.8 Å². The standard InChI is InChI=1S/C32H38FN7O5/c1-6-31(41)37-24-16-25(28(43-5)17-27(24)39-10-8-38(4)9-11-39)36-29-18-30(35-19-34-29)40-26(7-12-44-40)21-13-22(15-23(33)14-21)32(42)45-20(2)3/h6,13-20,26H,1,7-12H2,2-5H3,(H,37,41)(H,34,35,36)/t26-/m1/s1. The molecule has 238 valence electrons. The Labute approximate surface area is 261 Å². The minimum atomic E-state index is -0.596. The molecule has 3 aromatic rings. The molecule has 2 fully saturated rings. The summed E-state index contributed by atoms with van der Waals surface area (Å²) in [5, 5.41) is 7.79. The highest BCUT2D eigenvalue weighted by atomic mass is 19.1. The number of hydroxylamine groups is 1. The van der Waals surface area contributed by atoms with E-state index in [-0.39, 0.29) is 17.6 Å². The molecule has 45 heavy (non-hydrogen) atoms. The molecular weight excluding hydrogens is 581 g/mol. The summed E-state index contributed by atoms with van der Waals surface area (Å²) in [6, 6.07) is 9.13. The van der Waals surface area contributed by atoms with Gasteiger partial charge in [-0.1, -0.05) is 6.58 Å². The van der Waals surface area contributed by atoms with Crippen molar-refractivity contribution in [3.8, 4) is 5.75 Å². The van der Waals surface area contributed by atoms with Crippen molar-refractivity contribution < 1.29 is 28.3 Å². The molecule has 0 saturated carbocycles. The monoisotopic (exact) mass is 619 g/mol. The molecular formula is C32H38FN7O5. The van der Waals surface area contributed by atoms with Crippen molar-refractivity contribution in [3.05, 3.63) is 72.3 Å². The number of hydrogen-bond donors (Lipinski definition) is 2. The van der Waals surface area contributed by atoms with Gasteiger partial charge in [0.15, 0.2) is 5.82 Å². The van der Waals surface area contributed by atoms with E-state index in [4.69, 9.17) is 14.3 Å². The number of piperazine rings is 1. The lowest BCUT2D eigenvalue weighted by atomic mass is 10.0. The molecule has 2 aliphatic heterocycles. The van der Waals surface area contributed by atoms with E-state index in [1.165, 1.54) is 18.5 Å². The summed E-state index contributed by atoms with van der Waals surface area (Å²) >= 11 is 0. The maximum absolute atomic E-state index is 14.6. The maximum Gasteiger partial charge on any atom is 0.338 e. The lowest BCUT2D eigenvalue weighted by molar-refractivity contribution is -0.111. The van der Waals surface area contributed by atoms with Crippen molar-refractivity contribution in [1.82, 2.24) is 14.9 Å². The van der Waals surface area contributed by atoms with Crippen LogP contribution in [0.1, 0.15) is 42.2 Å². The number of carbonyl (C=O) groups is 2. The number of anilines is 5. The van der Waals surface area contributed by atoms with Gasteiger partial charge in [0.1, 0.15) is 23.7 Å². The summed E-state index contributed by atoms with van der Waals surface area (Å²) in [5.41, 5.74) is 2.69. The molecule has 1 atom stereocenters. The zero-order valence-corrected chi connectivity index (χ0v) is 25.9. The van der Waals surface area contributed by atoms with Crippen LogP contribution in [0.3, 0.4) is 0 Å². The Hall–Kier alpha value is -4.75. The quantitative estimate of drug-likeness (QED) is 0.243. The number of aromatic nitrogens is 2. The third-order valence-corrected chi connectivity index (χ3v) is 7.53. The van der Waals surface area contributed by atoms with Crippen LogP contribution in [0, 0.1) is 5.82 Å². The maximum atomic E-state index is 14.6. The molecule has 2 saturated heterocycles. The number of carbonyl (C=O) groups excluding carboxylic acids is 2. The van der Waals surface area contributed by atoms with Gasteiger partial charge in [-0.3, -0.25) is 9.63 Å². The van der Waals surface area contributed by atoms with E-state index in [0.29, 0.717) is 47.4 Å². The van der Waals surface area contributed by atoms with Gasteiger partial charge >= 0.3 is 5.97 Å². The smallest absolute Gasteiger partial charge is 0.338 e. The number of halogens is 1. The van der Waals surface area contributed by atoms with Gasteiger partial charge in [-0.25, -0.2) is 24.2 Å². The zero-order valence-electron chi connectivity index (χ0n) is 25.9. The molecule has 2 N–H and O–H groups in total. The Balaban J connectivity index is 1.43. The minimum Gasteiger partial charge on any atom is -0.494 e. The third-order valence-electron chi connectivity index (χ3n) is 7.53. The number of ether oxygens (including phenoxy) is 2. The van der Waals surface area contributed by atoms with Gasteiger partial charge in [0, 0.05) is 44.7 Å². The SMILES string of the molecule is C=CC(=O)Nc1cc(Nc2cc(N3OCC[C@@H]3c3cc(F)cc(C(=O)OC(C)C)c3)ncn2)c(OC)cc1N1CCN(C)CC1. The number of benzene rings is 2. The first-order valence-electron chi connectivity index (χ1n) is 14.8. The second kappa shape index (κ2) is 13.9. The molecule has 0 unspecified atom stereocenters. The van der Waals surface area contributed by atoms with Crippen LogP contribution in [0.4, 0.5) is 33.1 Å². The summed E-state index contributed by atoms with van der Waals surface area (Å²) in [6.45, 7) is 10.8. The lowest BCUT2D eigenvalue weighted by Gasteiger charge is -2.35. The van der Waals surface area contributed by atoms with Gasteiger partial charge in [0.2, 0.25) is 5.91 Å². The molecule has 0 bridgehead atoms. The number of methoxy groups -OCH3 is 1. The molecule has 1 aromatic heterocycles. The summed E-state index contributed by atoms with van der Waals surface area (Å²) in [6.07, 6.45) is 2.82.